The zero-order valence-electron chi connectivity index (χ0n) is 12.1. The zero-order valence-corrected chi connectivity index (χ0v) is 13.6. The maximum atomic E-state index is 6.18. The monoisotopic (exact) mass is 319 g/mol. The molecule has 1 atom stereocenters. The molecule has 0 spiro atoms. The molecule has 0 saturated heterocycles. The van der Waals surface area contributed by atoms with Gasteiger partial charge in [0.05, 0.1) is 13.2 Å². The van der Waals surface area contributed by atoms with Gasteiger partial charge in [-0.05, 0) is 44.0 Å². The van der Waals surface area contributed by atoms with Crippen LogP contribution in [0, 0.1) is 0 Å². The van der Waals surface area contributed by atoms with Crippen LogP contribution in [0.1, 0.15) is 31.4 Å². The standard InChI is InChI=1S/C15H23Cl2NO2/c1-12(14-6-5-13(16)11-15(14)17)18-7-3-4-8-20-10-9-19-2/h5-6,11-12,18H,3-4,7-10H2,1-2H3. The Morgan fingerprint density at radius 3 is 2.65 bits per heavy atom. The number of unbranched alkanes of at least 4 members (excludes halogenated alkanes) is 1. The Morgan fingerprint density at radius 1 is 1.15 bits per heavy atom. The summed E-state index contributed by atoms with van der Waals surface area (Å²) in [4.78, 5) is 0. The smallest absolute Gasteiger partial charge is 0.0700 e. The predicted molar refractivity (Wildman–Crippen MR) is 84.8 cm³/mol. The Labute approximate surface area is 131 Å². The van der Waals surface area contributed by atoms with Gasteiger partial charge in [-0.25, -0.2) is 0 Å². The molecular formula is C15H23Cl2NO2. The minimum absolute atomic E-state index is 0.217. The van der Waals surface area contributed by atoms with Crippen molar-refractivity contribution in [1.29, 1.82) is 0 Å². The van der Waals surface area contributed by atoms with Gasteiger partial charge in [-0.2, -0.15) is 0 Å². The molecule has 1 rings (SSSR count). The summed E-state index contributed by atoms with van der Waals surface area (Å²) >= 11 is 12.1. The quantitative estimate of drug-likeness (QED) is 0.659. The summed E-state index contributed by atoms with van der Waals surface area (Å²) in [5, 5.41) is 4.83. The molecule has 0 amide bonds. The number of nitrogens with one attached hydrogen (secondary N) is 1. The summed E-state index contributed by atoms with van der Waals surface area (Å²) in [5.41, 5.74) is 1.08. The van der Waals surface area contributed by atoms with Crippen molar-refractivity contribution >= 4 is 23.2 Å². The molecule has 0 saturated carbocycles. The molecule has 0 heterocycles. The summed E-state index contributed by atoms with van der Waals surface area (Å²) < 4.78 is 10.3. The van der Waals surface area contributed by atoms with Crippen LogP contribution in [0.15, 0.2) is 18.2 Å². The van der Waals surface area contributed by atoms with Crippen LogP contribution in [-0.4, -0.2) is 33.5 Å². The van der Waals surface area contributed by atoms with Crippen molar-refractivity contribution in [2.45, 2.75) is 25.8 Å². The molecule has 5 heteroatoms. The molecule has 114 valence electrons. The van der Waals surface area contributed by atoms with Gasteiger partial charge < -0.3 is 14.8 Å². The lowest BCUT2D eigenvalue weighted by Gasteiger charge is -2.16. The Hall–Kier alpha value is -0.320. The summed E-state index contributed by atoms with van der Waals surface area (Å²) in [7, 11) is 1.68. The van der Waals surface area contributed by atoms with Gasteiger partial charge in [0.1, 0.15) is 0 Å². The van der Waals surface area contributed by atoms with Crippen LogP contribution >= 0.6 is 23.2 Å². The number of ether oxygens (including phenoxy) is 2. The fourth-order valence-electron chi connectivity index (χ4n) is 1.85. The van der Waals surface area contributed by atoms with Crippen LogP contribution in [0.25, 0.3) is 0 Å². The summed E-state index contributed by atoms with van der Waals surface area (Å²) in [6.07, 6.45) is 2.11. The molecule has 0 aromatic heterocycles. The van der Waals surface area contributed by atoms with E-state index in [0.29, 0.717) is 23.3 Å². The molecule has 0 aliphatic carbocycles. The van der Waals surface area contributed by atoms with E-state index in [1.54, 1.807) is 13.2 Å². The third-order valence-electron chi connectivity index (χ3n) is 3.03. The highest BCUT2D eigenvalue weighted by Crippen LogP contribution is 2.25. The Kier molecular flexibility index (Phi) is 9.23. The van der Waals surface area contributed by atoms with E-state index in [2.05, 4.69) is 12.2 Å². The number of methoxy groups -OCH3 is 1. The lowest BCUT2D eigenvalue weighted by atomic mass is 10.1. The van der Waals surface area contributed by atoms with E-state index < -0.39 is 0 Å². The molecule has 1 aromatic rings. The van der Waals surface area contributed by atoms with Crippen LogP contribution in [0.3, 0.4) is 0 Å². The maximum absolute atomic E-state index is 6.18. The van der Waals surface area contributed by atoms with Crippen molar-refractivity contribution in [1.82, 2.24) is 5.32 Å². The first-order valence-electron chi connectivity index (χ1n) is 6.90. The lowest BCUT2D eigenvalue weighted by molar-refractivity contribution is 0.0687. The fourth-order valence-corrected chi connectivity index (χ4v) is 2.43. The van der Waals surface area contributed by atoms with Gasteiger partial charge in [0, 0.05) is 29.8 Å². The minimum atomic E-state index is 0.217. The second-order valence-corrected chi connectivity index (χ2v) is 5.50. The number of rotatable bonds is 10. The topological polar surface area (TPSA) is 30.5 Å². The predicted octanol–water partition coefficient (Wildman–Crippen LogP) is 4.09. The fraction of sp³-hybridized carbons (Fsp3) is 0.600. The van der Waals surface area contributed by atoms with Crippen LogP contribution < -0.4 is 5.32 Å². The second-order valence-electron chi connectivity index (χ2n) is 4.65. The highest BCUT2D eigenvalue weighted by Gasteiger charge is 2.08. The summed E-state index contributed by atoms with van der Waals surface area (Å²) in [6.45, 7) is 5.14. The van der Waals surface area contributed by atoms with Crippen LogP contribution in [-0.2, 0) is 9.47 Å². The zero-order chi connectivity index (χ0) is 14.8. The molecule has 3 nitrogen and oxygen atoms in total. The molecule has 1 N–H and O–H groups in total. The lowest BCUT2D eigenvalue weighted by Crippen LogP contribution is -2.20. The number of hydrogen-bond donors (Lipinski definition) is 1. The first kappa shape index (κ1) is 17.7. The molecule has 1 aromatic carbocycles. The molecule has 20 heavy (non-hydrogen) atoms. The minimum Gasteiger partial charge on any atom is -0.382 e. The Bertz CT molecular complexity index is 388. The SMILES string of the molecule is COCCOCCCCNC(C)c1ccc(Cl)cc1Cl. The Balaban J connectivity index is 2.15. The normalized spacial score (nSPS) is 12.6. The first-order chi connectivity index (χ1) is 9.65. The first-order valence-corrected chi connectivity index (χ1v) is 7.65. The van der Waals surface area contributed by atoms with E-state index in [1.165, 1.54) is 0 Å². The van der Waals surface area contributed by atoms with E-state index >= 15 is 0 Å². The van der Waals surface area contributed by atoms with E-state index in [4.69, 9.17) is 32.7 Å². The number of halogens is 2. The van der Waals surface area contributed by atoms with E-state index in [0.717, 1.165) is 31.6 Å². The van der Waals surface area contributed by atoms with Crippen molar-refractivity contribution < 1.29 is 9.47 Å². The molecule has 0 aliphatic heterocycles. The number of benzene rings is 1. The third-order valence-corrected chi connectivity index (χ3v) is 3.59. The van der Waals surface area contributed by atoms with Gasteiger partial charge in [-0.1, -0.05) is 29.3 Å². The van der Waals surface area contributed by atoms with Crippen molar-refractivity contribution in [3.63, 3.8) is 0 Å². The van der Waals surface area contributed by atoms with Crippen molar-refractivity contribution in [3.8, 4) is 0 Å². The van der Waals surface area contributed by atoms with Crippen LogP contribution in [0.2, 0.25) is 10.0 Å². The number of hydrogen-bond acceptors (Lipinski definition) is 3. The van der Waals surface area contributed by atoms with Crippen molar-refractivity contribution in [3.05, 3.63) is 33.8 Å². The van der Waals surface area contributed by atoms with E-state index in [9.17, 15) is 0 Å². The molecule has 0 bridgehead atoms. The Morgan fingerprint density at radius 2 is 1.95 bits per heavy atom. The van der Waals surface area contributed by atoms with Crippen molar-refractivity contribution in [2.75, 3.05) is 33.5 Å². The second kappa shape index (κ2) is 10.4. The van der Waals surface area contributed by atoms with E-state index in [1.807, 2.05) is 12.1 Å². The molecule has 0 fully saturated rings. The molecular weight excluding hydrogens is 297 g/mol. The highest BCUT2D eigenvalue weighted by atomic mass is 35.5. The van der Waals surface area contributed by atoms with Gasteiger partial charge in [0.25, 0.3) is 0 Å². The molecule has 0 aliphatic rings. The van der Waals surface area contributed by atoms with Gasteiger partial charge in [-0.15, -0.1) is 0 Å². The third kappa shape index (κ3) is 6.91. The summed E-state index contributed by atoms with van der Waals surface area (Å²) in [6, 6.07) is 5.83. The van der Waals surface area contributed by atoms with Gasteiger partial charge in [-0.3, -0.25) is 0 Å². The molecule has 0 radical (unpaired) electrons. The average molecular weight is 320 g/mol. The maximum Gasteiger partial charge on any atom is 0.0700 e. The van der Waals surface area contributed by atoms with E-state index in [-0.39, 0.29) is 6.04 Å². The summed E-state index contributed by atoms with van der Waals surface area (Å²) in [5.74, 6) is 0. The van der Waals surface area contributed by atoms with Crippen LogP contribution in [0.4, 0.5) is 0 Å². The largest absolute Gasteiger partial charge is 0.382 e. The highest BCUT2D eigenvalue weighted by molar-refractivity contribution is 6.35. The van der Waals surface area contributed by atoms with Gasteiger partial charge in [0.2, 0.25) is 0 Å². The average Bonchev–Trinajstić information content (AvgIpc) is 2.41. The van der Waals surface area contributed by atoms with Crippen LogP contribution in [0.5, 0.6) is 0 Å². The van der Waals surface area contributed by atoms with Gasteiger partial charge >= 0.3 is 0 Å². The molecule has 1 unspecified atom stereocenters. The van der Waals surface area contributed by atoms with Gasteiger partial charge in [0.15, 0.2) is 0 Å². The van der Waals surface area contributed by atoms with Crippen molar-refractivity contribution in [2.24, 2.45) is 0 Å².